The molecular formula is C12H15F4N. The standard InChI is InChI=1S/C12H15F4N/c1-9(3-2-8-12(14,15)16)17-11-6-4-10(13)5-7-11/h4-7,9,17H,2-3,8H2,1H3. The topological polar surface area (TPSA) is 12.0 Å². The maximum atomic E-state index is 12.6. The average Bonchev–Trinajstić information content (AvgIpc) is 2.19. The number of nitrogens with one attached hydrogen (secondary N) is 1. The second kappa shape index (κ2) is 5.89. The van der Waals surface area contributed by atoms with Gasteiger partial charge in [0.1, 0.15) is 5.82 Å². The third kappa shape index (κ3) is 6.14. The molecule has 0 radical (unpaired) electrons. The SMILES string of the molecule is CC(CCCC(F)(F)F)Nc1ccc(F)cc1. The Morgan fingerprint density at radius 1 is 1.18 bits per heavy atom. The van der Waals surface area contributed by atoms with Gasteiger partial charge in [0.05, 0.1) is 0 Å². The van der Waals surface area contributed by atoms with E-state index in [1.54, 1.807) is 19.1 Å². The zero-order valence-electron chi connectivity index (χ0n) is 9.52. The van der Waals surface area contributed by atoms with E-state index in [1.807, 2.05) is 0 Å². The summed E-state index contributed by atoms with van der Waals surface area (Å²) in [6, 6.07) is 5.68. The zero-order chi connectivity index (χ0) is 12.9. The molecular weight excluding hydrogens is 234 g/mol. The molecule has 0 spiro atoms. The van der Waals surface area contributed by atoms with Gasteiger partial charge in [0.25, 0.3) is 0 Å². The fraction of sp³-hybridized carbons (Fsp3) is 0.500. The normalized spacial score (nSPS) is 13.5. The molecule has 0 amide bonds. The summed E-state index contributed by atoms with van der Waals surface area (Å²) in [6.07, 6.45) is -4.33. The highest BCUT2D eigenvalue weighted by Crippen LogP contribution is 2.23. The molecule has 0 aromatic heterocycles. The first kappa shape index (κ1) is 13.8. The predicted molar refractivity (Wildman–Crippen MR) is 59.4 cm³/mol. The average molecular weight is 249 g/mol. The second-order valence-electron chi connectivity index (χ2n) is 4.06. The van der Waals surface area contributed by atoms with Gasteiger partial charge in [0.2, 0.25) is 0 Å². The van der Waals surface area contributed by atoms with E-state index in [0.717, 1.165) is 0 Å². The lowest BCUT2D eigenvalue weighted by Crippen LogP contribution is -2.16. The number of anilines is 1. The van der Waals surface area contributed by atoms with E-state index in [0.29, 0.717) is 12.1 Å². The van der Waals surface area contributed by atoms with Crippen LogP contribution in [0.4, 0.5) is 23.2 Å². The summed E-state index contributed by atoms with van der Waals surface area (Å²) in [6.45, 7) is 1.81. The smallest absolute Gasteiger partial charge is 0.383 e. The molecule has 1 atom stereocenters. The van der Waals surface area contributed by atoms with Crippen LogP contribution in [0.15, 0.2) is 24.3 Å². The van der Waals surface area contributed by atoms with Crippen LogP contribution < -0.4 is 5.32 Å². The van der Waals surface area contributed by atoms with Crippen LogP contribution in [0.3, 0.4) is 0 Å². The molecule has 5 heteroatoms. The summed E-state index contributed by atoms with van der Waals surface area (Å²) in [5.41, 5.74) is 0.714. The first-order chi connectivity index (χ1) is 7.87. The molecule has 1 aromatic carbocycles. The molecule has 0 fully saturated rings. The van der Waals surface area contributed by atoms with Gasteiger partial charge < -0.3 is 5.32 Å². The Morgan fingerprint density at radius 3 is 2.29 bits per heavy atom. The van der Waals surface area contributed by atoms with Gasteiger partial charge >= 0.3 is 6.18 Å². The van der Waals surface area contributed by atoms with Crippen molar-refractivity contribution in [2.24, 2.45) is 0 Å². The highest BCUT2D eigenvalue weighted by Gasteiger charge is 2.26. The van der Waals surface area contributed by atoms with Crippen molar-refractivity contribution in [3.63, 3.8) is 0 Å². The van der Waals surface area contributed by atoms with Crippen molar-refractivity contribution in [3.8, 4) is 0 Å². The molecule has 0 bridgehead atoms. The van der Waals surface area contributed by atoms with Gasteiger partial charge in [-0.25, -0.2) is 4.39 Å². The third-order valence-electron chi connectivity index (χ3n) is 2.35. The molecule has 0 saturated carbocycles. The van der Waals surface area contributed by atoms with Gasteiger partial charge in [0.15, 0.2) is 0 Å². The third-order valence-corrected chi connectivity index (χ3v) is 2.35. The molecule has 1 aromatic rings. The molecule has 0 aliphatic heterocycles. The predicted octanol–water partition coefficient (Wildman–Crippen LogP) is 4.36. The summed E-state index contributed by atoms with van der Waals surface area (Å²) >= 11 is 0. The minimum atomic E-state index is -4.09. The van der Waals surface area contributed by atoms with E-state index in [9.17, 15) is 17.6 Å². The Labute approximate surface area is 97.8 Å². The monoisotopic (exact) mass is 249 g/mol. The number of rotatable bonds is 5. The van der Waals surface area contributed by atoms with Gasteiger partial charge in [-0.3, -0.25) is 0 Å². The summed E-state index contributed by atoms with van der Waals surface area (Å²) in [5, 5.41) is 3.02. The molecule has 1 unspecified atom stereocenters. The van der Waals surface area contributed by atoms with E-state index in [-0.39, 0.29) is 18.3 Å². The lowest BCUT2D eigenvalue weighted by atomic mass is 10.1. The van der Waals surface area contributed by atoms with Gasteiger partial charge in [-0.2, -0.15) is 13.2 Å². The Balaban J connectivity index is 2.30. The van der Waals surface area contributed by atoms with Gasteiger partial charge in [-0.15, -0.1) is 0 Å². The highest BCUT2D eigenvalue weighted by molar-refractivity contribution is 5.43. The first-order valence-corrected chi connectivity index (χ1v) is 5.46. The number of benzene rings is 1. The minimum Gasteiger partial charge on any atom is -0.383 e. The van der Waals surface area contributed by atoms with Crippen molar-refractivity contribution < 1.29 is 17.6 Å². The lowest BCUT2D eigenvalue weighted by Gasteiger charge is -2.15. The van der Waals surface area contributed by atoms with E-state index in [1.165, 1.54) is 12.1 Å². The van der Waals surface area contributed by atoms with Crippen LogP contribution in [-0.4, -0.2) is 12.2 Å². The Hall–Kier alpha value is -1.26. The van der Waals surface area contributed by atoms with Gasteiger partial charge in [-0.05, 0) is 44.0 Å². The molecule has 0 aliphatic rings. The number of alkyl halides is 3. The van der Waals surface area contributed by atoms with Crippen LogP contribution in [-0.2, 0) is 0 Å². The summed E-state index contributed by atoms with van der Waals surface area (Å²) in [5.74, 6) is -0.333. The van der Waals surface area contributed by atoms with Crippen LogP contribution in [0.25, 0.3) is 0 Å². The largest absolute Gasteiger partial charge is 0.389 e. The molecule has 17 heavy (non-hydrogen) atoms. The van der Waals surface area contributed by atoms with Crippen molar-refractivity contribution >= 4 is 5.69 Å². The molecule has 0 saturated heterocycles. The Morgan fingerprint density at radius 2 is 1.76 bits per heavy atom. The molecule has 0 heterocycles. The number of halogens is 4. The first-order valence-electron chi connectivity index (χ1n) is 5.46. The Kier molecular flexibility index (Phi) is 4.78. The van der Waals surface area contributed by atoms with Gasteiger partial charge in [-0.1, -0.05) is 0 Å². The van der Waals surface area contributed by atoms with E-state index in [2.05, 4.69) is 5.32 Å². The van der Waals surface area contributed by atoms with Crippen LogP contribution in [0.1, 0.15) is 26.2 Å². The molecule has 1 rings (SSSR count). The summed E-state index contributed by atoms with van der Waals surface area (Å²) in [7, 11) is 0. The second-order valence-corrected chi connectivity index (χ2v) is 4.06. The quantitative estimate of drug-likeness (QED) is 0.764. The zero-order valence-corrected chi connectivity index (χ0v) is 9.52. The van der Waals surface area contributed by atoms with Crippen LogP contribution in [0, 0.1) is 5.82 Å². The lowest BCUT2D eigenvalue weighted by molar-refractivity contribution is -0.135. The van der Waals surface area contributed by atoms with Crippen LogP contribution >= 0.6 is 0 Å². The molecule has 1 N–H and O–H groups in total. The van der Waals surface area contributed by atoms with E-state index in [4.69, 9.17) is 0 Å². The van der Waals surface area contributed by atoms with Crippen molar-refractivity contribution in [2.75, 3.05) is 5.32 Å². The van der Waals surface area contributed by atoms with Crippen LogP contribution in [0.2, 0.25) is 0 Å². The maximum absolute atomic E-state index is 12.6. The molecule has 0 aliphatic carbocycles. The minimum absolute atomic E-state index is 0.0668. The Bertz CT molecular complexity index is 331. The summed E-state index contributed by atoms with van der Waals surface area (Å²) in [4.78, 5) is 0. The van der Waals surface area contributed by atoms with Crippen molar-refractivity contribution in [3.05, 3.63) is 30.1 Å². The fourth-order valence-electron chi connectivity index (χ4n) is 1.51. The molecule has 96 valence electrons. The van der Waals surface area contributed by atoms with E-state index < -0.39 is 12.6 Å². The number of hydrogen-bond acceptors (Lipinski definition) is 1. The van der Waals surface area contributed by atoms with Crippen molar-refractivity contribution in [1.82, 2.24) is 0 Å². The van der Waals surface area contributed by atoms with Crippen molar-refractivity contribution in [2.45, 2.75) is 38.4 Å². The highest BCUT2D eigenvalue weighted by atomic mass is 19.4. The van der Waals surface area contributed by atoms with Crippen molar-refractivity contribution in [1.29, 1.82) is 0 Å². The summed E-state index contributed by atoms with van der Waals surface area (Å²) < 4.78 is 48.4. The fourth-order valence-corrected chi connectivity index (χ4v) is 1.51. The maximum Gasteiger partial charge on any atom is 0.389 e. The number of hydrogen-bond donors (Lipinski definition) is 1. The molecule has 1 nitrogen and oxygen atoms in total. The van der Waals surface area contributed by atoms with Crippen LogP contribution in [0.5, 0.6) is 0 Å². The van der Waals surface area contributed by atoms with E-state index >= 15 is 0 Å². The van der Waals surface area contributed by atoms with Gasteiger partial charge in [0, 0.05) is 18.2 Å².